The topological polar surface area (TPSA) is 77.8 Å². The highest BCUT2D eigenvalue weighted by Gasteiger charge is 2.43. The quantitative estimate of drug-likeness (QED) is 0.414. The molecule has 0 aliphatic heterocycles. The minimum Gasteiger partial charge on any atom is -0.478 e. The number of unbranched alkanes of at least 4 members (excludes halogenated alkanes) is 1. The Balaban J connectivity index is 1.54. The summed E-state index contributed by atoms with van der Waals surface area (Å²) in [5.74, 6) is 0.499. The van der Waals surface area contributed by atoms with Crippen LogP contribution in [0.5, 0.6) is 0 Å². The fourth-order valence-corrected chi connectivity index (χ4v) is 5.45. The van der Waals surface area contributed by atoms with E-state index < -0.39 is 12.1 Å². The van der Waals surface area contributed by atoms with Crippen LogP contribution in [0.3, 0.4) is 0 Å². The van der Waals surface area contributed by atoms with Crippen molar-refractivity contribution in [3.05, 3.63) is 59.2 Å². The van der Waals surface area contributed by atoms with Gasteiger partial charge in [0.15, 0.2) is 0 Å². The van der Waals surface area contributed by atoms with Gasteiger partial charge in [0.1, 0.15) is 0 Å². The van der Waals surface area contributed by atoms with Gasteiger partial charge in [0.05, 0.1) is 17.8 Å². The first-order chi connectivity index (χ1) is 14.9. The van der Waals surface area contributed by atoms with E-state index in [1.54, 1.807) is 12.1 Å². The van der Waals surface area contributed by atoms with Crippen LogP contribution in [-0.2, 0) is 6.42 Å². The molecule has 4 nitrogen and oxygen atoms in total. The Morgan fingerprint density at radius 3 is 2.77 bits per heavy atom. The van der Waals surface area contributed by atoms with Crippen LogP contribution in [-0.4, -0.2) is 33.5 Å². The molecule has 170 valence electrons. The molecule has 4 heteroatoms. The summed E-state index contributed by atoms with van der Waals surface area (Å²) in [6.07, 6.45) is 13.1. The van der Waals surface area contributed by atoms with Gasteiger partial charge in [-0.1, -0.05) is 75.1 Å². The third-order valence-electron chi connectivity index (χ3n) is 7.16. The summed E-state index contributed by atoms with van der Waals surface area (Å²) in [6, 6.07) is 7.23. The van der Waals surface area contributed by atoms with E-state index in [4.69, 9.17) is 0 Å². The second-order valence-corrected chi connectivity index (χ2v) is 9.63. The lowest BCUT2D eigenvalue weighted by Crippen LogP contribution is -2.18. The smallest absolute Gasteiger partial charge is 0.335 e. The van der Waals surface area contributed by atoms with Crippen LogP contribution in [0, 0.1) is 23.7 Å². The third kappa shape index (κ3) is 6.30. The maximum atomic E-state index is 11.4. The predicted octanol–water partition coefficient (Wildman–Crippen LogP) is 5.39. The van der Waals surface area contributed by atoms with Crippen LogP contribution in [0.4, 0.5) is 0 Å². The summed E-state index contributed by atoms with van der Waals surface area (Å²) in [7, 11) is 0. The lowest BCUT2D eigenvalue weighted by Gasteiger charge is -2.19. The second-order valence-electron chi connectivity index (χ2n) is 9.63. The van der Waals surface area contributed by atoms with Gasteiger partial charge in [-0.3, -0.25) is 0 Å². The number of hydrogen-bond donors (Lipinski definition) is 3. The maximum Gasteiger partial charge on any atom is 0.335 e. The molecular weight excluding hydrogens is 388 g/mol. The first kappa shape index (κ1) is 23.7. The molecule has 31 heavy (non-hydrogen) atoms. The third-order valence-corrected chi connectivity index (χ3v) is 7.16. The lowest BCUT2D eigenvalue weighted by atomic mass is 9.88. The van der Waals surface area contributed by atoms with Crippen molar-refractivity contribution < 1.29 is 20.1 Å². The van der Waals surface area contributed by atoms with Crippen molar-refractivity contribution in [2.45, 2.75) is 77.4 Å². The fourth-order valence-electron chi connectivity index (χ4n) is 5.45. The number of carboxylic acids is 1. The Hall–Kier alpha value is -1.91. The molecule has 0 saturated heterocycles. The van der Waals surface area contributed by atoms with Gasteiger partial charge in [-0.05, 0) is 61.5 Å². The molecule has 2 aliphatic rings. The standard InChI is InChI=1S/C27H38O4/c1-3-4-7-18(2)14-22(28)12-13-24-25-16-19(15-21(25)17-26(24)29)10-11-20-8-5-6-9-23(20)27(30)31/h5-6,8-9,12-13,15,18,21-22,24-26,28-29H,3-4,7,10-11,14,16-17H2,1-2H3,(H,30,31)/t18?,21-,22+,24-,25-,26+/m0/s1. The van der Waals surface area contributed by atoms with E-state index in [0.717, 1.165) is 44.1 Å². The Kier molecular flexibility index (Phi) is 8.50. The van der Waals surface area contributed by atoms with Gasteiger partial charge >= 0.3 is 5.97 Å². The number of allylic oxidation sites excluding steroid dienone is 2. The Labute approximate surface area is 186 Å². The van der Waals surface area contributed by atoms with Gasteiger partial charge in [-0.15, -0.1) is 0 Å². The van der Waals surface area contributed by atoms with Crippen LogP contribution >= 0.6 is 0 Å². The van der Waals surface area contributed by atoms with Gasteiger partial charge in [0, 0.05) is 5.92 Å². The molecule has 3 N–H and O–H groups in total. The SMILES string of the molecule is CCCCC(C)C[C@H](O)C=C[C@H]1[C@H]2CC(CCc3ccccc3C(=O)O)=C[C@H]2C[C@H]1O. The first-order valence-electron chi connectivity index (χ1n) is 11.9. The monoisotopic (exact) mass is 426 g/mol. The van der Waals surface area contributed by atoms with Crippen molar-refractivity contribution in [2.24, 2.45) is 23.7 Å². The van der Waals surface area contributed by atoms with E-state index >= 15 is 0 Å². The first-order valence-corrected chi connectivity index (χ1v) is 11.9. The molecule has 1 unspecified atom stereocenters. The average Bonchev–Trinajstić information content (AvgIpc) is 3.25. The van der Waals surface area contributed by atoms with Crippen LogP contribution < -0.4 is 0 Å². The van der Waals surface area contributed by atoms with Crippen LogP contribution in [0.25, 0.3) is 0 Å². The summed E-state index contributed by atoms with van der Waals surface area (Å²) in [5, 5.41) is 30.4. The number of aliphatic hydroxyl groups excluding tert-OH is 2. The van der Waals surface area contributed by atoms with Crippen LogP contribution in [0.2, 0.25) is 0 Å². The number of benzene rings is 1. The van der Waals surface area contributed by atoms with Gasteiger partial charge in [0.2, 0.25) is 0 Å². The van der Waals surface area contributed by atoms with Crippen molar-refractivity contribution >= 4 is 5.97 Å². The molecule has 1 aromatic rings. The minimum atomic E-state index is -0.872. The van der Waals surface area contributed by atoms with Crippen molar-refractivity contribution in [2.75, 3.05) is 0 Å². The predicted molar refractivity (Wildman–Crippen MR) is 124 cm³/mol. The lowest BCUT2D eigenvalue weighted by molar-refractivity contribution is 0.0695. The van der Waals surface area contributed by atoms with Crippen molar-refractivity contribution in [3.8, 4) is 0 Å². The summed E-state index contributed by atoms with van der Waals surface area (Å²) >= 11 is 0. The molecule has 2 aliphatic carbocycles. The Morgan fingerprint density at radius 1 is 1.26 bits per heavy atom. The molecule has 0 bridgehead atoms. The van der Waals surface area contributed by atoms with Gasteiger partial charge in [-0.2, -0.15) is 0 Å². The van der Waals surface area contributed by atoms with Crippen molar-refractivity contribution in [1.82, 2.24) is 0 Å². The van der Waals surface area contributed by atoms with Gasteiger partial charge in [0.25, 0.3) is 0 Å². The number of rotatable bonds is 11. The zero-order chi connectivity index (χ0) is 22.4. The number of aromatic carboxylic acids is 1. The van der Waals surface area contributed by atoms with E-state index in [9.17, 15) is 20.1 Å². The van der Waals surface area contributed by atoms with Crippen molar-refractivity contribution in [3.63, 3.8) is 0 Å². The molecule has 0 spiro atoms. The fraction of sp³-hybridized carbons (Fsp3) is 0.593. The molecule has 1 aromatic carbocycles. The Bertz CT molecular complexity index is 796. The van der Waals surface area contributed by atoms with Crippen LogP contribution in [0.1, 0.15) is 74.7 Å². The molecule has 0 amide bonds. The molecular formula is C27H38O4. The van der Waals surface area contributed by atoms with E-state index in [1.165, 1.54) is 18.4 Å². The summed E-state index contributed by atoms with van der Waals surface area (Å²) < 4.78 is 0. The van der Waals surface area contributed by atoms with E-state index in [0.29, 0.717) is 23.3 Å². The average molecular weight is 427 g/mol. The summed E-state index contributed by atoms with van der Waals surface area (Å²) in [4.78, 5) is 11.4. The van der Waals surface area contributed by atoms with Crippen molar-refractivity contribution in [1.29, 1.82) is 0 Å². The number of aliphatic hydroxyl groups is 2. The molecule has 3 rings (SSSR count). The van der Waals surface area contributed by atoms with E-state index in [2.05, 4.69) is 26.0 Å². The highest BCUT2D eigenvalue weighted by Crippen LogP contribution is 2.48. The van der Waals surface area contributed by atoms with E-state index in [1.807, 2.05) is 18.2 Å². The zero-order valence-corrected chi connectivity index (χ0v) is 18.9. The minimum absolute atomic E-state index is 0.0886. The Morgan fingerprint density at radius 2 is 2.03 bits per heavy atom. The highest BCUT2D eigenvalue weighted by molar-refractivity contribution is 5.89. The number of carbonyl (C=O) groups is 1. The molecule has 0 radical (unpaired) electrons. The highest BCUT2D eigenvalue weighted by atomic mass is 16.4. The maximum absolute atomic E-state index is 11.4. The molecule has 0 heterocycles. The number of hydrogen-bond acceptors (Lipinski definition) is 3. The van der Waals surface area contributed by atoms with Gasteiger partial charge in [-0.25, -0.2) is 4.79 Å². The molecule has 6 atom stereocenters. The normalized spacial score (nSPS) is 27.3. The van der Waals surface area contributed by atoms with E-state index in [-0.39, 0.29) is 12.0 Å². The summed E-state index contributed by atoms with van der Waals surface area (Å²) in [5.41, 5.74) is 2.64. The molecule has 1 saturated carbocycles. The molecule has 0 aromatic heterocycles. The van der Waals surface area contributed by atoms with Crippen LogP contribution in [0.15, 0.2) is 48.1 Å². The number of fused-ring (bicyclic) bond motifs is 1. The zero-order valence-electron chi connectivity index (χ0n) is 18.9. The van der Waals surface area contributed by atoms with Gasteiger partial charge < -0.3 is 15.3 Å². The number of aryl methyl sites for hydroxylation is 1. The summed E-state index contributed by atoms with van der Waals surface area (Å²) in [6.45, 7) is 4.39. The molecule has 1 fully saturated rings. The number of carboxylic acid groups (broad SMARTS) is 1. The second kappa shape index (κ2) is 11.1. The largest absolute Gasteiger partial charge is 0.478 e.